The van der Waals surface area contributed by atoms with Gasteiger partial charge in [-0.3, -0.25) is 4.79 Å². The molecule has 0 heterocycles. The molecule has 2 aromatic carbocycles. The van der Waals surface area contributed by atoms with Crippen molar-refractivity contribution in [1.82, 2.24) is 0 Å². The number of hydrogen-bond donors (Lipinski definition) is 1. The number of nitrogen functional groups attached to an aromatic ring is 1. The second kappa shape index (κ2) is 4.92. The molecule has 0 aromatic heterocycles. The summed E-state index contributed by atoms with van der Waals surface area (Å²) in [4.78, 5) is 13.9. The first kappa shape index (κ1) is 12.2. The molecule has 18 heavy (non-hydrogen) atoms. The minimum absolute atomic E-state index is 0.0427. The summed E-state index contributed by atoms with van der Waals surface area (Å²) in [5, 5.41) is 0. The Morgan fingerprint density at radius 1 is 1.00 bits per heavy atom. The third kappa shape index (κ3) is 2.51. The molecular weight excluding hydrogens is 224 g/mol. The van der Waals surface area contributed by atoms with Gasteiger partial charge in [0.15, 0.2) is 0 Å². The number of benzene rings is 2. The van der Waals surface area contributed by atoms with Crippen molar-refractivity contribution in [1.29, 1.82) is 0 Å². The lowest BCUT2D eigenvalue weighted by atomic mass is 10.1. The number of nitrogens with two attached hydrogens (primary N) is 1. The van der Waals surface area contributed by atoms with E-state index < -0.39 is 0 Å². The van der Waals surface area contributed by atoms with Gasteiger partial charge in [0.05, 0.1) is 0 Å². The third-order valence-electron chi connectivity index (χ3n) is 2.88. The van der Waals surface area contributed by atoms with Crippen molar-refractivity contribution in [2.24, 2.45) is 0 Å². The molecule has 0 aliphatic heterocycles. The molecule has 3 heteroatoms. The molecule has 0 aliphatic carbocycles. The fourth-order valence-electron chi connectivity index (χ4n) is 1.70. The van der Waals surface area contributed by atoms with Crippen LogP contribution in [-0.4, -0.2) is 13.0 Å². The average Bonchev–Trinajstić information content (AvgIpc) is 2.39. The van der Waals surface area contributed by atoms with Gasteiger partial charge in [-0.2, -0.15) is 0 Å². The van der Waals surface area contributed by atoms with Crippen molar-refractivity contribution in [3.05, 3.63) is 59.7 Å². The normalized spacial score (nSPS) is 10.1. The monoisotopic (exact) mass is 240 g/mol. The molecule has 0 bridgehead atoms. The van der Waals surface area contributed by atoms with Gasteiger partial charge in [-0.15, -0.1) is 0 Å². The maximum Gasteiger partial charge on any atom is 0.258 e. The first-order valence-corrected chi connectivity index (χ1v) is 5.78. The molecule has 2 aromatic rings. The van der Waals surface area contributed by atoms with Crippen LogP contribution in [0, 0.1) is 6.92 Å². The Morgan fingerprint density at radius 3 is 2.11 bits per heavy atom. The summed E-state index contributed by atoms with van der Waals surface area (Å²) in [5.74, 6) is -0.0427. The molecule has 1 amide bonds. The van der Waals surface area contributed by atoms with Gasteiger partial charge >= 0.3 is 0 Å². The maximum atomic E-state index is 12.2. The van der Waals surface area contributed by atoms with Crippen LogP contribution in [0.1, 0.15) is 15.9 Å². The number of carbonyl (C=O) groups excluding carboxylic acids is 1. The largest absolute Gasteiger partial charge is 0.399 e. The Hall–Kier alpha value is -2.29. The Kier molecular flexibility index (Phi) is 3.33. The van der Waals surface area contributed by atoms with E-state index in [9.17, 15) is 4.79 Å². The van der Waals surface area contributed by atoms with E-state index in [1.54, 1.807) is 36.2 Å². The molecule has 0 aliphatic rings. The summed E-state index contributed by atoms with van der Waals surface area (Å²) in [5.41, 5.74) is 8.94. The van der Waals surface area contributed by atoms with Gasteiger partial charge in [-0.25, -0.2) is 0 Å². The van der Waals surface area contributed by atoms with Crippen LogP contribution in [0.3, 0.4) is 0 Å². The number of aryl methyl sites for hydroxylation is 1. The fourth-order valence-corrected chi connectivity index (χ4v) is 1.70. The number of anilines is 2. The van der Waals surface area contributed by atoms with E-state index in [-0.39, 0.29) is 5.91 Å². The second-order valence-corrected chi connectivity index (χ2v) is 4.32. The topological polar surface area (TPSA) is 46.3 Å². The van der Waals surface area contributed by atoms with Gasteiger partial charge in [0.2, 0.25) is 0 Å². The number of carbonyl (C=O) groups is 1. The van der Waals surface area contributed by atoms with Gasteiger partial charge < -0.3 is 10.6 Å². The maximum absolute atomic E-state index is 12.2. The SMILES string of the molecule is Cc1ccc(N(C)C(=O)c2ccc(N)cc2)cc1. The van der Waals surface area contributed by atoms with Crippen LogP contribution >= 0.6 is 0 Å². The van der Waals surface area contributed by atoms with Gasteiger partial charge in [0, 0.05) is 24.0 Å². The smallest absolute Gasteiger partial charge is 0.258 e. The number of amides is 1. The highest BCUT2D eigenvalue weighted by atomic mass is 16.2. The lowest BCUT2D eigenvalue weighted by Gasteiger charge is -2.17. The van der Waals surface area contributed by atoms with Crippen LogP contribution in [0.2, 0.25) is 0 Å². The van der Waals surface area contributed by atoms with Gasteiger partial charge in [-0.05, 0) is 43.3 Å². The first-order valence-electron chi connectivity index (χ1n) is 5.78. The summed E-state index contributed by atoms with van der Waals surface area (Å²) in [6, 6.07) is 14.8. The van der Waals surface area contributed by atoms with E-state index in [2.05, 4.69) is 0 Å². The van der Waals surface area contributed by atoms with Gasteiger partial charge in [0.1, 0.15) is 0 Å². The van der Waals surface area contributed by atoms with E-state index in [4.69, 9.17) is 5.73 Å². The highest BCUT2D eigenvalue weighted by molar-refractivity contribution is 6.05. The van der Waals surface area contributed by atoms with Crippen molar-refractivity contribution < 1.29 is 4.79 Å². The zero-order valence-corrected chi connectivity index (χ0v) is 10.6. The number of nitrogens with zero attached hydrogens (tertiary/aromatic N) is 1. The summed E-state index contributed by atoms with van der Waals surface area (Å²) in [6.07, 6.45) is 0. The molecule has 2 rings (SSSR count). The molecule has 0 radical (unpaired) electrons. The standard InChI is InChI=1S/C15H16N2O/c1-11-3-9-14(10-4-11)17(2)15(18)12-5-7-13(16)8-6-12/h3-10H,16H2,1-2H3. The van der Waals surface area contributed by atoms with E-state index >= 15 is 0 Å². The summed E-state index contributed by atoms with van der Waals surface area (Å²) in [6.45, 7) is 2.02. The molecule has 3 nitrogen and oxygen atoms in total. The Labute approximate surface area is 107 Å². The number of hydrogen-bond acceptors (Lipinski definition) is 2. The predicted molar refractivity (Wildman–Crippen MR) is 74.8 cm³/mol. The fraction of sp³-hybridized carbons (Fsp3) is 0.133. The van der Waals surface area contributed by atoms with Crippen molar-refractivity contribution in [2.75, 3.05) is 17.7 Å². The van der Waals surface area contributed by atoms with Gasteiger partial charge in [-0.1, -0.05) is 17.7 Å². The van der Waals surface area contributed by atoms with Crippen molar-refractivity contribution >= 4 is 17.3 Å². The van der Waals surface area contributed by atoms with Crippen LogP contribution < -0.4 is 10.6 Å². The minimum Gasteiger partial charge on any atom is -0.399 e. The molecule has 0 spiro atoms. The van der Waals surface area contributed by atoms with E-state index in [1.807, 2.05) is 31.2 Å². The van der Waals surface area contributed by atoms with E-state index in [0.29, 0.717) is 11.3 Å². The van der Waals surface area contributed by atoms with Crippen molar-refractivity contribution in [2.45, 2.75) is 6.92 Å². The van der Waals surface area contributed by atoms with Crippen LogP contribution in [0.4, 0.5) is 11.4 Å². The Balaban J connectivity index is 2.23. The summed E-state index contributed by atoms with van der Waals surface area (Å²) in [7, 11) is 1.77. The molecule has 0 fully saturated rings. The zero-order chi connectivity index (χ0) is 13.1. The van der Waals surface area contributed by atoms with Crippen LogP contribution in [0.25, 0.3) is 0 Å². The molecule has 92 valence electrons. The Morgan fingerprint density at radius 2 is 1.56 bits per heavy atom. The van der Waals surface area contributed by atoms with Gasteiger partial charge in [0.25, 0.3) is 5.91 Å². The van der Waals surface area contributed by atoms with E-state index in [0.717, 1.165) is 5.69 Å². The van der Waals surface area contributed by atoms with Crippen LogP contribution in [0.5, 0.6) is 0 Å². The minimum atomic E-state index is -0.0427. The number of rotatable bonds is 2. The molecule has 0 saturated heterocycles. The van der Waals surface area contributed by atoms with Crippen molar-refractivity contribution in [3.63, 3.8) is 0 Å². The molecule has 2 N–H and O–H groups in total. The molecule has 0 saturated carbocycles. The average molecular weight is 240 g/mol. The molecule has 0 atom stereocenters. The lowest BCUT2D eigenvalue weighted by molar-refractivity contribution is 0.0993. The third-order valence-corrected chi connectivity index (χ3v) is 2.88. The second-order valence-electron chi connectivity index (χ2n) is 4.32. The highest BCUT2D eigenvalue weighted by Crippen LogP contribution is 2.16. The highest BCUT2D eigenvalue weighted by Gasteiger charge is 2.12. The first-order chi connectivity index (χ1) is 8.58. The zero-order valence-electron chi connectivity index (χ0n) is 10.6. The summed E-state index contributed by atoms with van der Waals surface area (Å²) >= 11 is 0. The molecular formula is C15H16N2O. The van der Waals surface area contributed by atoms with Crippen LogP contribution in [0.15, 0.2) is 48.5 Å². The Bertz CT molecular complexity index is 544. The van der Waals surface area contributed by atoms with Crippen molar-refractivity contribution in [3.8, 4) is 0 Å². The van der Waals surface area contributed by atoms with E-state index in [1.165, 1.54) is 5.56 Å². The predicted octanol–water partition coefficient (Wildman–Crippen LogP) is 2.85. The van der Waals surface area contributed by atoms with Crippen LogP contribution in [-0.2, 0) is 0 Å². The molecule has 0 unspecified atom stereocenters. The quantitative estimate of drug-likeness (QED) is 0.820. The lowest BCUT2D eigenvalue weighted by Crippen LogP contribution is -2.26. The summed E-state index contributed by atoms with van der Waals surface area (Å²) < 4.78 is 0.